The lowest BCUT2D eigenvalue weighted by Crippen LogP contribution is -2.15. The highest BCUT2D eigenvalue weighted by atomic mass is 19.1. The fourth-order valence-corrected chi connectivity index (χ4v) is 2.79. The summed E-state index contributed by atoms with van der Waals surface area (Å²) in [5, 5.41) is 3.51. The van der Waals surface area contributed by atoms with Gasteiger partial charge in [-0.15, -0.1) is 0 Å². The van der Waals surface area contributed by atoms with Crippen LogP contribution in [0.25, 0.3) is 0 Å². The number of hydrogen-bond donors (Lipinski definition) is 1. The number of nitrogens with one attached hydrogen (secondary N) is 1. The first-order chi connectivity index (χ1) is 12.3. The maximum Gasteiger partial charge on any atom is 0.124 e. The van der Waals surface area contributed by atoms with Crippen LogP contribution in [-0.4, -0.2) is 6.54 Å². The average Bonchev–Trinajstić information content (AvgIpc) is 2.64. The van der Waals surface area contributed by atoms with E-state index in [0.29, 0.717) is 6.61 Å². The first-order valence-corrected chi connectivity index (χ1v) is 9.45. The van der Waals surface area contributed by atoms with Gasteiger partial charge >= 0.3 is 0 Å². The van der Waals surface area contributed by atoms with Gasteiger partial charge in [0.15, 0.2) is 0 Å². The van der Waals surface area contributed by atoms with Crippen LogP contribution in [0, 0.1) is 5.82 Å². The van der Waals surface area contributed by atoms with Gasteiger partial charge in [0.1, 0.15) is 18.2 Å². The van der Waals surface area contributed by atoms with Gasteiger partial charge in [0.25, 0.3) is 0 Å². The molecule has 0 radical (unpaired) electrons. The topological polar surface area (TPSA) is 21.3 Å². The van der Waals surface area contributed by atoms with Crippen LogP contribution in [0.5, 0.6) is 5.75 Å². The summed E-state index contributed by atoms with van der Waals surface area (Å²) in [7, 11) is 0. The summed E-state index contributed by atoms with van der Waals surface area (Å²) >= 11 is 0. The number of ether oxygens (including phenoxy) is 1. The van der Waals surface area contributed by atoms with Crippen LogP contribution in [-0.2, 0) is 13.2 Å². The third-order valence-electron chi connectivity index (χ3n) is 4.30. The van der Waals surface area contributed by atoms with Gasteiger partial charge in [-0.3, -0.25) is 0 Å². The van der Waals surface area contributed by atoms with Gasteiger partial charge in [-0.1, -0.05) is 69.4 Å². The molecule has 2 aromatic rings. The van der Waals surface area contributed by atoms with E-state index in [2.05, 4.69) is 18.3 Å². The maximum atomic E-state index is 13.0. The Labute approximate surface area is 151 Å². The summed E-state index contributed by atoms with van der Waals surface area (Å²) < 4.78 is 18.9. The molecule has 0 unspecified atom stereocenters. The second kappa shape index (κ2) is 11.6. The maximum absolute atomic E-state index is 13.0. The molecule has 0 aliphatic heterocycles. The number of para-hydroxylation sites is 1. The van der Waals surface area contributed by atoms with E-state index >= 15 is 0 Å². The monoisotopic (exact) mass is 343 g/mol. The van der Waals surface area contributed by atoms with Crippen molar-refractivity contribution in [1.29, 1.82) is 0 Å². The quantitative estimate of drug-likeness (QED) is 0.488. The molecule has 1 N–H and O–H groups in total. The summed E-state index contributed by atoms with van der Waals surface area (Å²) in [5.41, 5.74) is 2.13. The zero-order valence-electron chi connectivity index (χ0n) is 15.3. The van der Waals surface area contributed by atoms with E-state index in [0.717, 1.165) is 30.0 Å². The van der Waals surface area contributed by atoms with Crippen molar-refractivity contribution in [2.75, 3.05) is 6.54 Å². The van der Waals surface area contributed by atoms with Crippen LogP contribution < -0.4 is 10.1 Å². The Kier molecular flexibility index (Phi) is 9.06. The zero-order valence-corrected chi connectivity index (χ0v) is 15.3. The van der Waals surface area contributed by atoms with Crippen molar-refractivity contribution in [2.24, 2.45) is 0 Å². The van der Waals surface area contributed by atoms with Crippen molar-refractivity contribution in [3.05, 3.63) is 65.5 Å². The molecular weight excluding hydrogens is 313 g/mol. The lowest BCUT2D eigenvalue weighted by molar-refractivity contribution is 0.302. The van der Waals surface area contributed by atoms with Gasteiger partial charge < -0.3 is 10.1 Å². The number of halogens is 1. The Bertz CT molecular complexity index is 597. The van der Waals surface area contributed by atoms with Gasteiger partial charge in [-0.25, -0.2) is 4.39 Å². The Morgan fingerprint density at radius 2 is 1.60 bits per heavy atom. The normalized spacial score (nSPS) is 10.8. The van der Waals surface area contributed by atoms with Gasteiger partial charge in [0, 0.05) is 12.1 Å². The van der Waals surface area contributed by atoms with Gasteiger partial charge in [0.05, 0.1) is 0 Å². The van der Waals surface area contributed by atoms with Gasteiger partial charge in [-0.2, -0.15) is 0 Å². The zero-order chi connectivity index (χ0) is 17.7. The van der Waals surface area contributed by atoms with Crippen LogP contribution in [0.3, 0.4) is 0 Å². The van der Waals surface area contributed by atoms with E-state index in [4.69, 9.17) is 4.74 Å². The summed E-state index contributed by atoms with van der Waals surface area (Å²) in [5.74, 6) is 0.672. The minimum absolute atomic E-state index is 0.219. The standard InChI is InChI=1S/C22H30FNO/c1-2-3-4-5-6-9-16-24-17-20-10-7-8-11-22(20)25-18-19-12-14-21(23)15-13-19/h7-8,10-15,24H,2-6,9,16-18H2,1H3. The first-order valence-electron chi connectivity index (χ1n) is 9.45. The second-order valence-corrected chi connectivity index (χ2v) is 6.47. The third kappa shape index (κ3) is 7.70. The summed E-state index contributed by atoms with van der Waals surface area (Å²) in [6, 6.07) is 14.5. The molecule has 0 bridgehead atoms. The van der Waals surface area contributed by atoms with Gasteiger partial charge in [-0.05, 0) is 36.7 Å². The minimum atomic E-state index is -0.219. The van der Waals surface area contributed by atoms with Gasteiger partial charge in [0.2, 0.25) is 0 Å². The largest absolute Gasteiger partial charge is 0.489 e. The molecule has 2 aromatic carbocycles. The molecule has 0 amide bonds. The molecule has 0 aromatic heterocycles. The van der Waals surface area contributed by atoms with Crippen molar-refractivity contribution < 1.29 is 9.13 Å². The summed E-state index contributed by atoms with van der Waals surface area (Å²) in [6.45, 7) is 4.55. The predicted molar refractivity (Wildman–Crippen MR) is 102 cm³/mol. The molecular formula is C22H30FNO. The fourth-order valence-electron chi connectivity index (χ4n) is 2.79. The van der Waals surface area contributed by atoms with Crippen LogP contribution in [0.2, 0.25) is 0 Å². The number of unbranched alkanes of at least 4 members (excludes halogenated alkanes) is 5. The predicted octanol–water partition coefficient (Wildman–Crippen LogP) is 5.85. The first kappa shape index (κ1) is 19.5. The smallest absolute Gasteiger partial charge is 0.124 e. The molecule has 0 heterocycles. The van der Waals surface area contributed by atoms with Crippen LogP contribution in [0.15, 0.2) is 48.5 Å². The molecule has 136 valence electrons. The molecule has 0 aliphatic rings. The van der Waals surface area contributed by atoms with Crippen LogP contribution in [0.4, 0.5) is 4.39 Å². The average molecular weight is 343 g/mol. The second-order valence-electron chi connectivity index (χ2n) is 6.47. The van der Waals surface area contributed by atoms with Crippen molar-refractivity contribution in [1.82, 2.24) is 5.32 Å². The summed E-state index contributed by atoms with van der Waals surface area (Å²) in [4.78, 5) is 0. The molecule has 0 atom stereocenters. The molecule has 2 nitrogen and oxygen atoms in total. The molecule has 0 saturated heterocycles. The molecule has 3 heteroatoms. The fraction of sp³-hybridized carbons (Fsp3) is 0.455. The highest BCUT2D eigenvalue weighted by Gasteiger charge is 2.03. The highest BCUT2D eigenvalue weighted by molar-refractivity contribution is 5.33. The lowest BCUT2D eigenvalue weighted by atomic mass is 10.1. The van der Waals surface area contributed by atoms with E-state index in [1.165, 1.54) is 50.7 Å². The van der Waals surface area contributed by atoms with Crippen LogP contribution in [0.1, 0.15) is 56.6 Å². The van der Waals surface area contributed by atoms with E-state index < -0.39 is 0 Å². The molecule has 2 rings (SSSR count). The number of hydrogen-bond acceptors (Lipinski definition) is 2. The van der Waals surface area contributed by atoms with E-state index in [1.54, 1.807) is 12.1 Å². The number of benzene rings is 2. The van der Waals surface area contributed by atoms with E-state index in [-0.39, 0.29) is 5.82 Å². The molecule has 0 aliphatic carbocycles. The summed E-state index contributed by atoms with van der Waals surface area (Å²) in [6.07, 6.45) is 7.88. The Morgan fingerprint density at radius 3 is 2.40 bits per heavy atom. The van der Waals surface area contributed by atoms with Crippen molar-refractivity contribution >= 4 is 0 Å². The molecule has 0 fully saturated rings. The van der Waals surface area contributed by atoms with Crippen LogP contribution >= 0.6 is 0 Å². The highest BCUT2D eigenvalue weighted by Crippen LogP contribution is 2.19. The van der Waals surface area contributed by atoms with E-state index in [9.17, 15) is 4.39 Å². The van der Waals surface area contributed by atoms with Crippen molar-refractivity contribution in [3.63, 3.8) is 0 Å². The lowest BCUT2D eigenvalue weighted by Gasteiger charge is -2.12. The Hall–Kier alpha value is -1.87. The van der Waals surface area contributed by atoms with E-state index in [1.807, 2.05) is 18.2 Å². The molecule has 0 saturated carbocycles. The van der Waals surface area contributed by atoms with Crippen molar-refractivity contribution in [2.45, 2.75) is 58.6 Å². The Balaban J connectivity index is 1.71. The molecule has 25 heavy (non-hydrogen) atoms. The third-order valence-corrected chi connectivity index (χ3v) is 4.30. The number of rotatable bonds is 12. The minimum Gasteiger partial charge on any atom is -0.489 e. The Morgan fingerprint density at radius 1 is 0.880 bits per heavy atom. The SMILES string of the molecule is CCCCCCCCNCc1ccccc1OCc1ccc(F)cc1. The van der Waals surface area contributed by atoms with Crippen molar-refractivity contribution in [3.8, 4) is 5.75 Å². The molecule has 0 spiro atoms.